The van der Waals surface area contributed by atoms with E-state index >= 15 is 0 Å². The maximum atomic E-state index is 12.2. The molecule has 2 rings (SSSR count). The number of hydrogen-bond acceptors (Lipinski definition) is 3. The second-order valence-corrected chi connectivity index (χ2v) is 6.79. The molecule has 1 amide bonds. The van der Waals surface area contributed by atoms with Gasteiger partial charge in [0, 0.05) is 12.1 Å². The Morgan fingerprint density at radius 3 is 2.43 bits per heavy atom. The molecule has 0 radical (unpaired) electrons. The Morgan fingerprint density at radius 2 is 1.81 bits per heavy atom. The Labute approximate surface area is 126 Å². The lowest BCUT2D eigenvalue weighted by molar-refractivity contribution is -0.114. The molecule has 0 aromatic heterocycles. The van der Waals surface area contributed by atoms with Crippen molar-refractivity contribution >= 4 is 17.4 Å². The fourth-order valence-corrected chi connectivity index (χ4v) is 2.71. The van der Waals surface area contributed by atoms with Crippen LogP contribution in [0.2, 0.25) is 0 Å². The van der Waals surface area contributed by atoms with Crippen molar-refractivity contribution in [3.05, 3.63) is 28.8 Å². The van der Waals surface area contributed by atoms with Gasteiger partial charge in [-0.05, 0) is 64.8 Å². The Morgan fingerprint density at radius 1 is 1.14 bits per heavy atom. The number of amides is 1. The number of benzene rings is 1. The second kappa shape index (κ2) is 5.60. The molecule has 114 valence electrons. The molecule has 4 nitrogen and oxygen atoms in total. The number of rotatable bonds is 4. The topological polar surface area (TPSA) is 49.4 Å². The summed E-state index contributed by atoms with van der Waals surface area (Å²) in [5.74, 6) is -0.763. The van der Waals surface area contributed by atoms with Crippen LogP contribution in [-0.2, 0) is 4.79 Å². The summed E-state index contributed by atoms with van der Waals surface area (Å²) in [4.78, 5) is 25.9. The Bertz CT molecular complexity index is 585. The van der Waals surface area contributed by atoms with Crippen molar-refractivity contribution in [2.24, 2.45) is 0 Å². The predicted octanol–water partition coefficient (Wildman–Crippen LogP) is 2.61. The summed E-state index contributed by atoms with van der Waals surface area (Å²) < 4.78 is 0. The van der Waals surface area contributed by atoms with Gasteiger partial charge in [-0.3, -0.25) is 9.59 Å². The summed E-state index contributed by atoms with van der Waals surface area (Å²) in [6, 6.07) is 3.89. The van der Waals surface area contributed by atoms with Crippen molar-refractivity contribution in [3.63, 3.8) is 0 Å². The fourth-order valence-electron chi connectivity index (χ4n) is 2.71. The van der Waals surface area contributed by atoms with E-state index in [-0.39, 0.29) is 11.3 Å². The highest BCUT2D eigenvalue weighted by molar-refractivity contribution is 6.52. The van der Waals surface area contributed by atoms with Gasteiger partial charge in [0.25, 0.3) is 11.7 Å². The van der Waals surface area contributed by atoms with Crippen LogP contribution in [-0.4, -0.2) is 30.3 Å². The number of aryl methyl sites for hydroxylation is 2. The molecule has 4 heteroatoms. The smallest absolute Gasteiger partial charge is 0.299 e. The molecule has 1 aromatic rings. The molecule has 0 saturated carbocycles. The van der Waals surface area contributed by atoms with Gasteiger partial charge in [0.1, 0.15) is 0 Å². The summed E-state index contributed by atoms with van der Waals surface area (Å²) in [7, 11) is 0. The molecular weight excluding hydrogens is 264 g/mol. The standard InChI is InChI=1S/C17H24N2O2/c1-11-9-12(2)14-13(10-11)19(16(21)15(14)20)8-6-7-18-17(3,4)5/h9-10,18H,6-8H2,1-5H3. The van der Waals surface area contributed by atoms with Gasteiger partial charge in [-0.2, -0.15) is 0 Å². The van der Waals surface area contributed by atoms with Crippen molar-refractivity contribution in [3.8, 4) is 0 Å². The van der Waals surface area contributed by atoms with Crippen LogP contribution in [0.5, 0.6) is 0 Å². The second-order valence-electron chi connectivity index (χ2n) is 6.79. The number of fused-ring (bicyclic) bond motifs is 1. The number of nitrogens with one attached hydrogen (secondary N) is 1. The SMILES string of the molecule is Cc1cc(C)c2c(c1)N(CCCNC(C)(C)C)C(=O)C2=O. The number of Topliss-reactive ketones (excluding diaryl/α,β-unsaturated/α-hetero) is 1. The summed E-state index contributed by atoms with van der Waals surface area (Å²) in [5.41, 5.74) is 3.38. The summed E-state index contributed by atoms with van der Waals surface area (Å²) >= 11 is 0. The average molecular weight is 288 g/mol. The molecule has 0 unspecified atom stereocenters. The molecule has 0 spiro atoms. The molecular formula is C17H24N2O2. The molecule has 21 heavy (non-hydrogen) atoms. The number of nitrogens with zero attached hydrogens (tertiary/aromatic N) is 1. The van der Waals surface area contributed by atoms with Crippen molar-refractivity contribution in [2.75, 3.05) is 18.0 Å². The van der Waals surface area contributed by atoms with Gasteiger partial charge in [-0.15, -0.1) is 0 Å². The number of carbonyl (C=O) groups excluding carboxylic acids is 2. The number of ketones is 1. The highest BCUT2D eigenvalue weighted by atomic mass is 16.2. The number of carbonyl (C=O) groups is 2. The zero-order valence-electron chi connectivity index (χ0n) is 13.5. The molecule has 1 heterocycles. The minimum Gasteiger partial charge on any atom is -0.312 e. The maximum absolute atomic E-state index is 12.2. The van der Waals surface area contributed by atoms with Crippen LogP contribution in [0, 0.1) is 13.8 Å². The van der Waals surface area contributed by atoms with Crippen molar-refractivity contribution < 1.29 is 9.59 Å². The monoisotopic (exact) mass is 288 g/mol. The van der Waals surface area contributed by atoms with Crippen LogP contribution in [0.1, 0.15) is 48.7 Å². The van der Waals surface area contributed by atoms with E-state index < -0.39 is 5.91 Å². The van der Waals surface area contributed by atoms with Gasteiger partial charge < -0.3 is 10.2 Å². The minimum atomic E-state index is -0.394. The normalized spacial score (nSPS) is 14.8. The summed E-state index contributed by atoms with van der Waals surface area (Å²) in [6.45, 7) is 11.6. The lowest BCUT2D eigenvalue weighted by Crippen LogP contribution is -2.38. The van der Waals surface area contributed by atoms with E-state index in [1.807, 2.05) is 26.0 Å². The van der Waals surface area contributed by atoms with E-state index in [1.165, 1.54) is 0 Å². The molecule has 1 aliphatic heterocycles. The van der Waals surface area contributed by atoms with Crippen LogP contribution in [0.3, 0.4) is 0 Å². The largest absolute Gasteiger partial charge is 0.312 e. The van der Waals surface area contributed by atoms with E-state index in [9.17, 15) is 9.59 Å². The van der Waals surface area contributed by atoms with Crippen LogP contribution in [0.15, 0.2) is 12.1 Å². The number of hydrogen-bond donors (Lipinski definition) is 1. The Balaban J connectivity index is 2.12. The first-order chi connectivity index (χ1) is 9.70. The van der Waals surface area contributed by atoms with E-state index in [2.05, 4.69) is 26.1 Å². The van der Waals surface area contributed by atoms with Crippen molar-refractivity contribution in [1.82, 2.24) is 5.32 Å². The van der Waals surface area contributed by atoms with Gasteiger partial charge in [-0.25, -0.2) is 0 Å². The molecule has 0 aliphatic carbocycles. The van der Waals surface area contributed by atoms with Crippen LogP contribution in [0.25, 0.3) is 0 Å². The van der Waals surface area contributed by atoms with E-state index in [4.69, 9.17) is 0 Å². The predicted molar refractivity (Wildman–Crippen MR) is 85.0 cm³/mol. The van der Waals surface area contributed by atoms with E-state index in [1.54, 1.807) is 4.90 Å². The molecule has 0 fully saturated rings. The first-order valence-electron chi connectivity index (χ1n) is 7.43. The lowest BCUT2D eigenvalue weighted by atomic mass is 10.0. The van der Waals surface area contributed by atoms with Crippen molar-refractivity contribution in [1.29, 1.82) is 0 Å². The first-order valence-corrected chi connectivity index (χ1v) is 7.43. The quantitative estimate of drug-likeness (QED) is 0.684. The first kappa shape index (κ1) is 15.7. The zero-order valence-corrected chi connectivity index (χ0v) is 13.5. The highest BCUT2D eigenvalue weighted by Crippen LogP contribution is 2.32. The van der Waals surface area contributed by atoms with Gasteiger partial charge in [0.2, 0.25) is 0 Å². The van der Waals surface area contributed by atoms with Crippen LogP contribution in [0.4, 0.5) is 5.69 Å². The van der Waals surface area contributed by atoms with Crippen LogP contribution < -0.4 is 10.2 Å². The third-order valence-corrected chi connectivity index (χ3v) is 3.63. The Kier molecular flexibility index (Phi) is 4.19. The van der Waals surface area contributed by atoms with E-state index in [0.29, 0.717) is 12.1 Å². The highest BCUT2D eigenvalue weighted by Gasteiger charge is 2.36. The zero-order chi connectivity index (χ0) is 15.8. The molecule has 0 bridgehead atoms. The minimum absolute atomic E-state index is 0.0654. The lowest BCUT2D eigenvalue weighted by Gasteiger charge is -2.22. The molecule has 1 aromatic carbocycles. The fraction of sp³-hybridized carbons (Fsp3) is 0.529. The van der Waals surface area contributed by atoms with Crippen molar-refractivity contribution in [2.45, 2.75) is 46.6 Å². The maximum Gasteiger partial charge on any atom is 0.299 e. The molecule has 1 N–H and O–H groups in total. The summed E-state index contributed by atoms with van der Waals surface area (Å²) in [5, 5.41) is 3.40. The van der Waals surface area contributed by atoms with Gasteiger partial charge in [-0.1, -0.05) is 6.07 Å². The average Bonchev–Trinajstić information content (AvgIpc) is 2.57. The van der Waals surface area contributed by atoms with Gasteiger partial charge in [0.15, 0.2) is 0 Å². The third kappa shape index (κ3) is 3.32. The van der Waals surface area contributed by atoms with Crippen LogP contribution >= 0.6 is 0 Å². The van der Waals surface area contributed by atoms with E-state index in [0.717, 1.165) is 29.8 Å². The molecule has 0 atom stereocenters. The van der Waals surface area contributed by atoms with Gasteiger partial charge >= 0.3 is 0 Å². The molecule has 1 aliphatic rings. The molecule has 0 saturated heterocycles. The third-order valence-electron chi connectivity index (χ3n) is 3.63. The van der Waals surface area contributed by atoms with Gasteiger partial charge in [0.05, 0.1) is 11.3 Å². The Hall–Kier alpha value is -1.68. The number of anilines is 1. The summed E-state index contributed by atoms with van der Waals surface area (Å²) in [6.07, 6.45) is 0.822.